The van der Waals surface area contributed by atoms with Crippen LogP contribution >= 0.6 is 0 Å². The monoisotopic (exact) mass is 281 g/mol. The predicted octanol–water partition coefficient (Wildman–Crippen LogP) is 2.46. The molecule has 2 heterocycles. The van der Waals surface area contributed by atoms with Crippen molar-refractivity contribution in [2.75, 3.05) is 27.4 Å². The summed E-state index contributed by atoms with van der Waals surface area (Å²) in [4.78, 5) is 2.23. The van der Waals surface area contributed by atoms with Crippen molar-refractivity contribution in [2.45, 2.75) is 18.5 Å². The second-order valence-corrected chi connectivity index (χ2v) is 5.26. The first kappa shape index (κ1) is 13.5. The first-order valence-electron chi connectivity index (χ1n) is 6.64. The summed E-state index contributed by atoms with van der Waals surface area (Å²) in [5.74, 6) is -1.83. The third-order valence-corrected chi connectivity index (χ3v) is 4.16. The van der Waals surface area contributed by atoms with Crippen molar-refractivity contribution >= 4 is 5.57 Å². The molecule has 108 valence electrons. The fourth-order valence-corrected chi connectivity index (χ4v) is 2.89. The molecule has 0 amide bonds. The van der Waals surface area contributed by atoms with Gasteiger partial charge in [0.1, 0.15) is 0 Å². The van der Waals surface area contributed by atoms with Crippen LogP contribution in [0.25, 0.3) is 5.57 Å². The van der Waals surface area contributed by atoms with E-state index >= 15 is 0 Å². The molecule has 3 rings (SSSR count). The number of ether oxygens (including phenoxy) is 2. The molecule has 3 nitrogen and oxygen atoms in total. The number of morpholine rings is 1. The van der Waals surface area contributed by atoms with Crippen molar-refractivity contribution < 1.29 is 18.3 Å². The standard InChI is InChI=1S/C15H17F2NO2/c1-18-10-5-9(6-11(18)8-20-7-10)12-3-4-13(19-2)15(17)14(12)16/h3-5,10-11H,6-8H2,1-2H3. The highest BCUT2D eigenvalue weighted by atomic mass is 19.2. The molecule has 1 saturated heterocycles. The van der Waals surface area contributed by atoms with Gasteiger partial charge in [-0.2, -0.15) is 4.39 Å². The molecule has 0 aromatic heterocycles. The van der Waals surface area contributed by atoms with E-state index in [2.05, 4.69) is 4.90 Å². The maximum Gasteiger partial charge on any atom is 0.201 e. The van der Waals surface area contributed by atoms with Gasteiger partial charge in [-0.25, -0.2) is 4.39 Å². The number of fused-ring (bicyclic) bond motifs is 2. The molecule has 20 heavy (non-hydrogen) atoms. The van der Waals surface area contributed by atoms with Gasteiger partial charge in [0.25, 0.3) is 0 Å². The highest BCUT2D eigenvalue weighted by Crippen LogP contribution is 2.34. The van der Waals surface area contributed by atoms with Gasteiger partial charge >= 0.3 is 0 Å². The van der Waals surface area contributed by atoms with Gasteiger partial charge in [0.15, 0.2) is 11.6 Å². The number of nitrogens with zero attached hydrogens (tertiary/aromatic N) is 1. The van der Waals surface area contributed by atoms with Crippen LogP contribution in [0.1, 0.15) is 12.0 Å². The minimum atomic E-state index is -0.925. The van der Waals surface area contributed by atoms with Crippen LogP contribution in [-0.4, -0.2) is 44.4 Å². The van der Waals surface area contributed by atoms with Crippen LogP contribution in [0, 0.1) is 11.6 Å². The summed E-state index contributed by atoms with van der Waals surface area (Å²) in [6, 6.07) is 3.41. The van der Waals surface area contributed by atoms with Crippen molar-refractivity contribution in [3.8, 4) is 5.75 Å². The second kappa shape index (κ2) is 5.14. The molecule has 1 aromatic carbocycles. The molecule has 2 aliphatic rings. The highest BCUT2D eigenvalue weighted by Gasteiger charge is 2.33. The van der Waals surface area contributed by atoms with E-state index < -0.39 is 11.6 Å². The molecule has 1 aromatic rings. The van der Waals surface area contributed by atoms with E-state index in [1.54, 1.807) is 6.07 Å². The second-order valence-electron chi connectivity index (χ2n) is 5.26. The molecule has 2 unspecified atom stereocenters. The minimum Gasteiger partial charge on any atom is -0.494 e. The van der Waals surface area contributed by atoms with E-state index in [0.717, 1.165) is 5.57 Å². The first-order chi connectivity index (χ1) is 9.61. The fourth-order valence-electron chi connectivity index (χ4n) is 2.89. The number of benzene rings is 1. The summed E-state index contributed by atoms with van der Waals surface area (Å²) in [7, 11) is 3.37. The molecule has 5 heteroatoms. The Morgan fingerprint density at radius 3 is 2.75 bits per heavy atom. The lowest BCUT2D eigenvalue weighted by Gasteiger charge is -2.42. The number of hydrogen-bond acceptors (Lipinski definition) is 3. The zero-order chi connectivity index (χ0) is 14.3. The van der Waals surface area contributed by atoms with Gasteiger partial charge in [-0.3, -0.25) is 4.90 Å². The van der Waals surface area contributed by atoms with Gasteiger partial charge in [0, 0.05) is 11.6 Å². The molecule has 0 aliphatic carbocycles. The van der Waals surface area contributed by atoms with Gasteiger partial charge in [-0.1, -0.05) is 6.08 Å². The molecule has 0 N–H and O–H groups in total. The molecular formula is C15H17F2NO2. The van der Waals surface area contributed by atoms with Crippen LogP contribution in [0.15, 0.2) is 18.2 Å². The van der Waals surface area contributed by atoms with Crippen LogP contribution in [0.2, 0.25) is 0 Å². The summed E-state index contributed by atoms with van der Waals surface area (Å²) < 4.78 is 38.3. The summed E-state index contributed by atoms with van der Waals surface area (Å²) in [5.41, 5.74) is 1.17. The predicted molar refractivity (Wildman–Crippen MR) is 71.7 cm³/mol. The van der Waals surface area contributed by atoms with Gasteiger partial charge < -0.3 is 9.47 Å². The van der Waals surface area contributed by atoms with E-state index in [1.807, 2.05) is 13.1 Å². The zero-order valence-corrected chi connectivity index (χ0v) is 11.5. The van der Waals surface area contributed by atoms with Gasteiger partial charge in [0.05, 0.1) is 26.4 Å². The molecule has 0 radical (unpaired) electrons. The SMILES string of the molecule is COc1ccc(C2=CC3COCC(C2)N3C)c(F)c1F. The molecular weight excluding hydrogens is 264 g/mol. The Balaban J connectivity index is 2.00. The average Bonchev–Trinajstić information content (AvgIpc) is 2.42. The Bertz CT molecular complexity index is 559. The normalized spacial score (nSPS) is 26.3. The van der Waals surface area contributed by atoms with Crippen LogP contribution < -0.4 is 4.74 Å². The van der Waals surface area contributed by atoms with Crippen molar-refractivity contribution in [3.05, 3.63) is 35.4 Å². The summed E-state index contributed by atoms with van der Waals surface area (Å²) in [5, 5.41) is 0. The highest BCUT2D eigenvalue weighted by molar-refractivity contribution is 5.69. The lowest BCUT2D eigenvalue weighted by molar-refractivity contribution is -0.0222. The van der Waals surface area contributed by atoms with E-state index in [1.165, 1.54) is 13.2 Å². The number of halogens is 2. The van der Waals surface area contributed by atoms with Crippen LogP contribution in [0.4, 0.5) is 8.78 Å². The first-order valence-corrected chi connectivity index (χ1v) is 6.64. The summed E-state index contributed by atoms with van der Waals surface area (Å²) in [6.07, 6.45) is 2.63. The van der Waals surface area contributed by atoms with Crippen molar-refractivity contribution in [1.82, 2.24) is 4.90 Å². The maximum atomic E-state index is 14.2. The number of rotatable bonds is 2. The maximum absolute atomic E-state index is 14.2. The fraction of sp³-hybridized carbons (Fsp3) is 0.467. The molecule has 2 atom stereocenters. The number of likely N-dealkylation sites (N-methyl/N-ethyl adjacent to an activating group) is 1. The third-order valence-electron chi connectivity index (χ3n) is 4.16. The Morgan fingerprint density at radius 1 is 1.25 bits per heavy atom. The Hall–Kier alpha value is -1.46. The van der Waals surface area contributed by atoms with E-state index in [0.29, 0.717) is 25.2 Å². The molecule has 1 fully saturated rings. The van der Waals surface area contributed by atoms with Gasteiger partial charge in [0.2, 0.25) is 5.82 Å². The van der Waals surface area contributed by atoms with Gasteiger partial charge in [-0.05, 0) is 31.2 Å². The number of hydrogen-bond donors (Lipinski definition) is 0. The van der Waals surface area contributed by atoms with E-state index in [9.17, 15) is 8.78 Å². The summed E-state index contributed by atoms with van der Waals surface area (Å²) in [6.45, 7) is 1.22. The lowest BCUT2D eigenvalue weighted by Crippen LogP contribution is -2.51. The molecule has 2 aliphatic heterocycles. The van der Waals surface area contributed by atoms with Crippen LogP contribution in [0.3, 0.4) is 0 Å². The zero-order valence-electron chi connectivity index (χ0n) is 11.5. The average molecular weight is 281 g/mol. The Kier molecular flexibility index (Phi) is 3.48. The van der Waals surface area contributed by atoms with E-state index in [4.69, 9.17) is 9.47 Å². The smallest absolute Gasteiger partial charge is 0.201 e. The quantitative estimate of drug-likeness (QED) is 0.831. The number of methoxy groups -OCH3 is 1. The molecule has 0 spiro atoms. The van der Waals surface area contributed by atoms with Crippen molar-refractivity contribution in [2.24, 2.45) is 0 Å². The Morgan fingerprint density at radius 2 is 2.05 bits per heavy atom. The van der Waals surface area contributed by atoms with E-state index in [-0.39, 0.29) is 17.8 Å². The van der Waals surface area contributed by atoms with Crippen molar-refractivity contribution in [3.63, 3.8) is 0 Å². The summed E-state index contributed by atoms with van der Waals surface area (Å²) >= 11 is 0. The van der Waals surface area contributed by atoms with Crippen LogP contribution in [0.5, 0.6) is 5.75 Å². The van der Waals surface area contributed by atoms with Gasteiger partial charge in [-0.15, -0.1) is 0 Å². The third kappa shape index (κ3) is 2.11. The van der Waals surface area contributed by atoms with Crippen molar-refractivity contribution in [1.29, 1.82) is 0 Å². The molecule has 2 bridgehead atoms. The topological polar surface area (TPSA) is 21.7 Å². The Labute approximate surface area is 116 Å². The molecule has 0 saturated carbocycles. The largest absolute Gasteiger partial charge is 0.494 e. The van der Waals surface area contributed by atoms with Crippen LogP contribution in [-0.2, 0) is 4.74 Å². The lowest BCUT2D eigenvalue weighted by atomic mass is 9.90. The minimum absolute atomic E-state index is 0.0664.